The normalized spacial score (nSPS) is 27.8. The third-order valence-corrected chi connectivity index (χ3v) is 3.94. The van der Waals surface area contributed by atoms with Gasteiger partial charge in [-0.25, -0.2) is 4.79 Å². The van der Waals surface area contributed by atoms with Crippen LogP contribution in [0.1, 0.15) is 6.42 Å². The number of rotatable bonds is 1. The van der Waals surface area contributed by atoms with Crippen molar-refractivity contribution in [2.24, 2.45) is 0 Å². The fourth-order valence-electron chi connectivity index (χ4n) is 2.51. The van der Waals surface area contributed by atoms with E-state index in [4.69, 9.17) is 4.74 Å². The Labute approximate surface area is 108 Å². The predicted octanol–water partition coefficient (Wildman–Crippen LogP) is 2.14. The summed E-state index contributed by atoms with van der Waals surface area (Å²) in [6.45, 7) is 2.01. The van der Waals surface area contributed by atoms with Crippen molar-refractivity contribution in [1.29, 1.82) is 0 Å². The minimum atomic E-state index is -0.190. The molecular weight excluding hydrogens is 284 g/mol. The number of nitrogens with zero attached hydrogens (tertiary/aromatic N) is 1. The highest BCUT2D eigenvalue weighted by Gasteiger charge is 2.48. The molecule has 0 saturated carbocycles. The lowest BCUT2D eigenvalue weighted by molar-refractivity contribution is 0.181. The molecule has 1 N–H and O–H groups in total. The van der Waals surface area contributed by atoms with E-state index < -0.39 is 0 Å². The van der Waals surface area contributed by atoms with Gasteiger partial charge in [0.2, 0.25) is 0 Å². The predicted molar refractivity (Wildman–Crippen MR) is 68.2 cm³/mol. The van der Waals surface area contributed by atoms with Crippen LogP contribution in [0, 0.1) is 0 Å². The molecule has 0 aliphatic carbocycles. The SMILES string of the molecule is O=C1NCC2(CCOC2)N1c1ccc(Br)cc1. The first-order valence-electron chi connectivity index (χ1n) is 5.63. The molecule has 0 aromatic heterocycles. The number of hydrogen-bond donors (Lipinski definition) is 1. The minimum Gasteiger partial charge on any atom is -0.379 e. The number of urea groups is 1. The first-order valence-corrected chi connectivity index (χ1v) is 6.42. The van der Waals surface area contributed by atoms with E-state index in [1.165, 1.54) is 0 Å². The van der Waals surface area contributed by atoms with Gasteiger partial charge in [0.05, 0.1) is 12.1 Å². The monoisotopic (exact) mass is 296 g/mol. The van der Waals surface area contributed by atoms with Crippen LogP contribution in [0.25, 0.3) is 0 Å². The number of carbonyl (C=O) groups excluding carboxylic acids is 1. The van der Waals surface area contributed by atoms with Crippen LogP contribution in [0.4, 0.5) is 10.5 Å². The molecule has 2 amide bonds. The molecule has 1 aromatic rings. The van der Waals surface area contributed by atoms with E-state index in [0.717, 1.165) is 23.2 Å². The van der Waals surface area contributed by atoms with Crippen molar-refractivity contribution in [3.63, 3.8) is 0 Å². The summed E-state index contributed by atoms with van der Waals surface area (Å²) in [5.41, 5.74) is 0.735. The Kier molecular flexibility index (Phi) is 2.60. The molecule has 2 heterocycles. The molecule has 5 heteroatoms. The fraction of sp³-hybridized carbons (Fsp3) is 0.417. The average molecular weight is 297 g/mol. The van der Waals surface area contributed by atoms with Crippen LogP contribution < -0.4 is 10.2 Å². The molecule has 90 valence electrons. The number of carbonyl (C=O) groups is 1. The molecule has 2 saturated heterocycles. The number of amides is 2. The van der Waals surface area contributed by atoms with Crippen molar-refractivity contribution >= 4 is 27.6 Å². The van der Waals surface area contributed by atoms with Gasteiger partial charge in [-0.15, -0.1) is 0 Å². The summed E-state index contributed by atoms with van der Waals surface area (Å²) in [4.78, 5) is 13.8. The first kappa shape index (κ1) is 11.0. The zero-order valence-electron chi connectivity index (χ0n) is 9.28. The summed E-state index contributed by atoms with van der Waals surface area (Å²) < 4.78 is 6.47. The quantitative estimate of drug-likeness (QED) is 0.863. The molecule has 2 fully saturated rings. The van der Waals surface area contributed by atoms with Gasteiger partial charge in [-0.3, -0.25) is 4.90 Å². The highest BCUT2D eigenvalue weighted by molar-refractivity contribution is 9.10. The van der Waals surface area contributed by atoms with E-state index >= 15 is 0 Å². The van der Waals surface area contributed by atoms with Crippen LogP contribution in [0.3, 0.4) is 0 Å². The van der Waals surface area contributed by atoms with Gasteiger partial charge in [0.1, 0.15) is 0 Å². The lowest BCUT2D eigenvalue weighted by Crippen LogP contribution is -2.48. The zero-order chi connectivity index (χ0) is 11.9. The zero-order valence-corrected chi connectivity index (χ0v) is 10.9. The number of ether oxygens (including phenoxy) is 1. The van der Waals surface area contributed by atoms with E-state index in [0.29, 0.717) is 13.2 Å². The summed E-state index contributed by atoms with van der Waals surface area (Å²) >= 11 is 3.40. The smallest absolute Gasteiger partial charge is 0.322 e. The van der Waals surface area contributed by atoms with Crippen molar-refractivity contribution in [2.45, 2.75) is 12.0 Å². The number of nitrogens with one attached hydrogen (secondary N) is 1. The molecule has 3 rings (SSSR count). The third-order valence-electron chi connectivity index (χ3n) is 3.41. The van der Waals surface area contributed by atoms with Gasteiger partial charge in [-0.1, -0.05) is 15.9 Å². The number of hydrogen-bond acceptors (Lipinski definition) is 2. The lowest BCUT2D eigenvalue weighted by atomic mass is 9.97. The molecule has 4 nitrogen and oxygen atoms in total. The molecule has 2 aliphatic rings. The van der Waals surface area contributed by atoms with E-state index in [9.17, 15) is 4.79 Å². The molecular formula is C12H13BrN2O2. The molecule has 1 aromatic carbocycles. The summed E-state index contributed by atoms with van der Waals surface area (Å²) in [6, 6.07) is 7.77. The Hall–Kier alpha value is -1.07. The largest absolute Gasteiger partial charge is 0.379 e. The summed E-state index contributed by atoms with van der Waals surface area (Å²) in [5.74, 6) is 0. The maximum Gasteiger partial charge on any atom is 0.322 e. The van der Waals surface area contributed by atoms with E-state index in [1.54, 1.807) is 0 Å². The topological polar surface area (TPSA) is 41.6 Å². The number of anilines is 1. The Balaban J connectivity index is 1.98. The first-order chi connectivity index (χ1) is 8.21. The van der Waals surface area contributed by atoms with Crippen molar-refractivity contribution in [3.05, 3.63) is 28.7 Å². The molecule has 1 atom stereocenters. The summed E-state index contributed by atoms with van der Waals surface area (Å²) in [6.07, 6.45) is 0.891. The second kappa shape index (κ2) is 3.99. The molecule has 2 aliphatic heterocycles. The van der Waals surface area contributed by atoms with Crippen LogP contribution in [-0.2, 0) is 4.74 Å². The van der Waals surface area contributed by atoms with Crippen LogP contribution in [-0.4, -0.2) is 31.3 Å². The number of benzene rings is 1. The number of halogens is 1. The second-order valence-electron chi connectivity index (χ2n) is 4.50. The van der Waals surface area contributed by atoms with Gasteiger partial charge in [0.25, 0.3) is 0 Å². The van der Waals surface area contributed by atoms with Crippen LogP contribution in [0.5, 0.6) is 0 Å². The lowest BCUT2D eigenvalue weighted by Gasteiger charge is -2.31. The standard InChI is InChI=1S/C12H13BrN2O2/c13-9-1-3-10(4-2-9)15-11(16)14-7-12(15)5-6-17-8-12/h1-4H,5-8H2,(H,14,16). The van der Waals surface area contributed by atoms with Gasteiger partial charge in [-0.2, -0.15) is 0 Å². The Bertz CT molecular complexity index is 440. The highest BCUT2D eigenvalue weighted by atomic mass is 79.9. The van der Waals surface area contributed by atoms with Crippen molar-refractivity contribution in [1.82, 2.24) is 5.32 Å². The summed E-state index contributed by atoms with van der Waals surface area (Å²) in [5, 5.41) is 2.91. The van der Waals surface area contributed by atoms with Crippen molar-refractivity contribution in [2.75, 3.05) is 24.7 Å². The molecule has 0 radical (unpaired) electrons. The Morgan fingerprint density at radius 2 is 2.12 bits per heavy atom. The van der Waals surface area contributed by atoms with Crippen molar-refractivity contribution in [3.8, 4) is 0 Å². The Morgan fingerprint density at radius 1 is 1.35 bits per heavy atom. The van der Waals surface area contributed by atoms with E-state index in [1.807, 2.05) is 29.2 Å². The maximum absolute atomic E-state index is 12.0. The van der Waals surface area contributed by atoms with E-state index in [-0.39, 0.29) is 11.6 Å². The fourth-order valence-corrected chi connectivity index (χ4v) is 2.77. The van der Waals surface area contributed by atoms with Gasteiger partial charge < -0.3 is 10.1 Å². The molecule has 1 unspecified atom stereocenters. The molecule has 17 heavy (non-hydrogen) atoms. The molecule has 1 spiro atoms. The van der Waals surface area contributed by atoms with Crippen LogP contribution in [0.2, 0.25) is 0 Å². The highest BCUT2D eigenvalue weighted by Crippen LogP contribution is 2.34. The van der Waals surface area contributed by atoms with Gasteiger partial charge >= 0.3 is 6.03 Å². The van der Waals surface area contributed by atoms with Gasteiger partial charge in [0.15, 0.2) is 0 Å². The second-order valence-corrected chi connectivity index (χ2v) is 5.41. The molecule has 0 bridgehead atoms. The van der Waals surface area contributed by atoms with Gasteiger partial charge in [-0.05, 0) is 30.7 Å². The third kappa shape index (κ3) is 1.73. The van der Waals surface area contributed by atoms with Gasteiger partial charge in [0, 0.05) is 23.3 Å². The van der Waals surface area contributed by atoms with Crippen LogP contribution >= 0.6 is 15.9 Å². The Morgan fingerprint density at radius 3 is 2.76 bits per heavy atom. The minimum absolute atomic E-state index is 0.0298. The van der Waals surface area contributed by atoms with Crippen molar-refractivity contribution < 1.29 is 9.53 Å². The average Bonchev–Trinajstić information content (AvgIpc) is 2.91. The summed E-state index contributed by atoms with van der Waals surface area (Å²) in [7, 11) is 0. The van der Waals surface area contributed by atoms with E-state index in [2.05, 4.69) is 21.2 Å². The van der Waals surface area contributed by atoms with Crippen LogP contribution in [0.15, 0.2) is 28.7 Å². The maximum atomic E-state index is 12.0.